The van der Waals surface area contributed by atoms with E-state index in [0.717, 1.165) is 19.4 Å². The molecule has 0 aliphatic heterocycles. The molecule has 80 valence electrons. The number of hydrogen-bond acceptors (Lipinski definition) is 2. The summed E-state index contributed by atoms with van der Waals surface area (Å²) >= 11 is 0. The van der Waals surface area contributed by atoms with Gasteiger partial charge in [-0.1, -0.05) is 33.6 Å². The number of hydrogen-bond donors (Lipinski definition) is 2. The van der Waals surface area contributed by atoms with Crippen LogP contribution in [0.1, 0.15) is 46.5 Å². The van der Waals surface area contributed by atoms with E-state index in [1.165, 1.54) is 12.8 Å². The van der Waals surface area contributed by atoms with E-state index in [1.54, 1.807) is 0 Å². The molecule has 0 aromatic heterocycles. The largest absolute Gasteiger partial charge is 0.396 e. The molecule has 0 aliphatic carbocycles. The summed E-state index contributed by atoms with van der Waals surface area (Å²) in [6.45, 7) is 7.61. The van der Waals surface area contributed by atoms with E-state index in [1.807, 2.05) is 0 Å². The molecule has 2 nitrogen and oxygen atoms in total. The fourth-order valence-electron chi connectivity index (χ4n) is 1.40. The zero-order chi connectivity index (χ0) is 10.3. The van der Waals surface area contributed by atoms with Crippen molar-refractivity contribution < 1.29 is 5.11 Å². The molecule has 13 heavy (non-hydrogen) atoms. The van der Waals surface area contributed by atoms with Gasteiger partial charge in [0, 0.05) is 6.61 Å². The van der Waals surface area contributed by atoms with Gasteiger partial charge in [-0.05, 0) is 30.7 Å². The third kappa shape index (κ3) is 4.63. The first kappa shape index (κ1) is 12.9. The van der Waals surface area contributed by atoms with Crippen LogP contribution >= 0.6 is 0 Å². The van der Waals surface area contributed by atoms with Crippen LogP contribution in [-0.2, 0) is 0 Å². The van der Waals surface area contributed by atoms with Crippen molar-refractivity contribution in [1.29, 1.82) is 0 Å². The van der Waals surface area contributed by atoms with Gasteiger partial charge in [-0.3, -0.25) is 0 Å². The SMILES string of the molecule is CC(C)[C@](C)(CO)CCCCCN. The number of unbranched alkanes of at least 4 members (excludes halogenated alkanes) is 2. The Labute approximate surface area is 82.5 Å². The lowest BCUT2D eigenvalue weighted by Gasteiger charge is -2.31. The zero-order valence-electron chi connectivity index (χ0n) is 9.34. The highest BCUT2D eigenvalue weighted by atomic mass is 16.3. The van der Waals surface area contributed by atoms with Gasteiger partial charge >= 0.3 is 0 Å². The molecule has 1 atom stereocenters. The van der Waals surface area contributed by atoms with Crippen LogP contribution < -0.4 is 5.73 Å². The van der Waals surface area contributed by atoms with Crippen molar-refractivity contribution in [3.8, 4) is 0 Å². The molecule has 0 aromatic rings. The van der Waals surface area contributed by atoms with Crippen LogP contribution in [-0.4, -0.2) is 18.3 Å². The highest BCUT2D eigenvalue weighted by Gasteiger charge is 2.26. The first-order valence-electron chi connectivity index (χ1n) is 5.37. The molecule has 2 heteroatoms. The maximum absolute atomic E-state index is 9.29. The van der Waals surface area contributed by atoms with Crippen LogP contribution in [0, 0.1) is 11.3 Å². The van der Waals surface area contributed by atoms with Gasteiger partial charge in [0.15, 0.2) is 0 Å². The molecule has 0 heterocycles. The Morgan fingerprint density at radius 2 is 1.85 bits per heavy atom. The summed E-state index contributed by atoms with van der Waals surface area (Å²) in [5.74, 6) is 0.551. The third-order valence-corrected chi connectivity index (χ3v) is 3.21. The summed E-state index contributed by atoms with van der Waals surface area (Å²) < 4.78 is 0. The molecular formula is C11H25NO. The Morgan fingerprint density at radius 1 is 1.23 bits per heavy atom. The van der Waals surface area contributed by atoms with E-state index in [2.05, 4.69) is 20.8 Å². The van der Waals surface area contributed by atoms with Crippen molar-refractivity contribution in [3.63, 3.8) is 0 Å². The predicted molar refractivity (Wildman–Crippen MR) is 57.6 cm³/mol. The summed E-state index contributed by atoms with van der Waals surface area (Å²) in [4.78, 5) is 0. The molecule has 0 radical (unpaired) electrons. The van der Waals surface area contributed by atoms with Crippen LogP contribution in [0.3, 0.4) is 0 Å². The third-order valence-electron chi connectivity index (χ3n) is 3.21. The molecule has 0 rings (SSSR count). The van der Waals surface area contributed by atoms with Crippen LogP contribution in [0.2, 0.25) is 0 Å². The number of rotatable bonds is 7. The van der Waals surface area contributed by atoms with Crippen molar-refractivity contribution in [2.24, 2.45) is 17.1 Å². The summed E-state index contributed by atoms with van der Waals surface area (Å²) in [5, 5.41) is 9.29. The zero-order valence-corrected chi connectivity index (χ0v) is 9.34. The van der Waals surface area contributed by atoms with E-state index >= 15 is 0 Å². The first-order valence-corrected chi connectivity index (χ1v) is 5.37. The van der Waals surface area contributed by atoms with E-state index in [4.69, 9.17) is 5.73 Å². The minimum atomic E-state index is 0.106. The Bertz CT molecular complexity index is 125. The standard InChI is InChI=1S/C11H25NO/c1-10(2)11(3,9-13)7-5-4-6-8-12/h10,13H,4-9,12H2,1-3H3/t11-/m0/s1. The fraction of sp³-hybridized carbons (Fsp3) is 1.00. The van der Waals surface area contributed by atoms with Gasteiger partial charge in [-0.25, -0.2) is 0 Å². The van der Waals surface area contributed by atoms with Gasteiger partial charge in [0.1, 0.15) is 0 Å². The smallest absolute Gasteiger partial charge is 0.0487 e. The van der Waals surface area contributed by atoms with E-state index in [0.29, 0.717) is 12.5 Å². The molecule has 0 saturated heterocycles. The quantitative estimate of drug-likeness (QED) is 0.600. The van der Waals surface area contributed by atoms with Crippen molar-refractivity contribution in [2.75, 3.05) is 13.2 Å². The lowest BCUT2D eigenvalue weighted by atomic mass is 9.76. The van der Waals surface area contributed by atoms with Gasteiger partial charge in [-0.2, -0.15) is 0 Å². The van der Waals surface area contributed by atoms with E-state index < -0.39 is 0 Å². The molecule has 0 amide bonds. The van der Waals surface area contributed by atoms with Crippen LogP contribution in [0.4, 0.5) is 0 Å². The monoisotopic (exact) mass is 187 g/mol. The lowest BCUT2D eigenvalue weighted by molar-refractivity contribution is 0.0826. The Kier molecular flexibility index (Phi) is 6.35. The summed E-state index contributed by atoms with van der Waals surface area (Å²) in [7, 11) is 0. The highest BCUT2D eigenvalue weighted by molar-refractivity contribution is 4.76. The average Bonchev–Trinajstić information content (AvgIpc) is 2.12. The average molecular weight is 187 g/mol. The van der Waals surface area contributed by atoms with Gasteiger partial charge in [-0.15, -0.1) is 0 Å². The number of nitrogens with two attached hydrogens (primary N) is 1. The summed E-state index contributed by atoms with van der Waals surface area (Å²) in [6.07, 6.45) is 4.60. The molecule has 0 unspecified atom stereocenters. The maximum atomic E-state index is 9.29. The van der Waals surface area contributed by atoms with Gasteiger partial charge in [0.2, 0.25) is 0 Å². The van der Waals surface area contributed by atoms with Crippen LogP contribution in [0.5, 0.6) is 0 Å². The van der Waals surface area contributed by atoms with Gasteiger partial charge in [0.05, 0.1) is 0 Å². The molecular weight excluding hydrogens is 162 g/mol. The highest BCUT2D eigenvalue weighted by Crippen LogP contribution is 2.32. The minimum Gasteiger partial charge on any atom is -0.396 e. The molecule has 0 saturated carbocycles. The molecule has 0 aromatic carbocycles. The van der Waals surface area contributed by atoms with Crippen LogP contribution in [0.25, 0.3) is 0 Å². The fourth-order valence-corrected chi connectivity index (χ4v) is 1.40. The van der Waals surface area contributed by atoms with E-state index in [-0.39, 0.29) is 5.41 Å². The lowest BCUT2D eigenvalue weighted by Crippen LogP contribution is -2.27. The minimum absolute atomic E-state index is 0.106. The van der Waals surface area contributed by atoms with E-state index in [9.17, 15) is 5.11 Å². The second kappa shape index (κ2) is 6.39. The van der Waals surface area contributed by atoms with Crippen molar-refractivity contribution in [2.45, 2.75) is 46.5 Å². The summed E-state index contributed by atoms with van der Waals surface area (Å²) in [6, 6.07) is 0. The van der Waals surface area contributed by atoms with Crippen molar-refractivity contribution >= 4 is 0 Å². The topological polar surface area (TPSA) is 46.2 Å². The molecule has 0 spiro atoms. The van der Waals surface area contributed by atoms with Crippen molar-refractivity contribution in [1.82, 2.24) is 0 Å². The second-order valence-electron chi connectivity index (χ2n) is 4.57. The summed E-state index contributed by atoms with van der Waals surface area (Å²) in [5.41, 5.74) is 5.53. The first-order chi connectivity index (χ1) is 6.06. The van der Waals surface area contributed by atoms with Gasteiger partial charge < -0.3 is 10.8 Å². The maximum Gasteiger partial charge on any atom is 0.0487 e. The Balaban J connectivity index is 3.71. The van der Waals surface area contributed by atoms with Crippen molar-refractivity contribution in [3.05, 3.63) is 0 Å². The Hall–Kier alpha value is -0.0800. The normalized spacial score (nSPS) is 16.2. The number of aliphatic hydroxyl groups is 1. The van der Waals surface area contributed by atoms with Crippen LogP contribution in [0.15, 0.2) is 0 Å². The molecule has 0 fully saturated rings. The predicted octanol–water partition coefficient (Wildman–Crippen LogP) is 2.16. The Morgan fingerprint density at radius 3 is 2.23 bits per heavy atom. The molecule has 0 bridgehead atoms. The molecule has 3 N–H and O–H groups in total. The molecule has 0 aliphatic rings. The number of aliphatic hydroxyl groups excluding tert-OH is 1. The van der Waals surface area contributed by atoms with Gasteiger partial charge in [0.25, 0.3) is 0 Å². The second-order valence-corrected chi connectivity index (χ2v) is 4.57.